The maximum Gasteiger partial charge on any atom is 0.262 e. The van der Waals surface area contributed by atoms with Crippen LogP contribution in [0.5, 0.6) is 0 Å². The summed E-state index contributed by atoms with van der Waals surface area (Å²) in [7, 11) is 0. The molecular weight excluding hydrogens is 580 g/mol. The third-order valence-electron chi connectivity index (χ3n) is 8.95. The van der Waals surface area contributed by atoms with E-state index >= 15 is 0 Å². The highest BCUT2D eigenvalue weighted by Crippen LogP contribution is 2.41. The highest BCUT2D eigenvalue weighted by molar-refractivity contribution is 6.23. The van der Waals surface area contributed by atoms with Gasteiger partial charge in [-0.3, -0.25) is 33.8 Å². The van der Waals surface area contributed by atoms with Crippen molar-refractivity contribution in [3.05, 3.63) is 101 Å². The molecule has 46 heavy (non-hydrogen) atoms. The summed E-state index contributed by atoms with van der Waals surface area (Å²) in [4.78, 5) is 65.3. The van der Waals surface area contributed by atoms with Crippen LogP contribution in [0.25, 0.3) is 5.70 Å². The van der Waals surface area contributed by atoms with Crippen LogP contribution in [0.2, 0.25) is 0 Å². The first-order chi connectivity index (χ1) is 21.4. The summed E-state index contributed by atoms with van der Waals surface area (Å²) in [6.45, 7) is 24.1. The van der Waals surface area contributed by atoms with Crippen LogP contribution in [0.15, 0.2) is 67.5 Å². The van der Waals surface area contributed by atoms with E-state index in [1.165, 1.54) is 0 Å². The molecule has 2 unspecified atom stereocenters. The SMILES string of the molecule is C=C1CCC(N2C(=C)c3c(cccc3C(C)(C)C)C2=O)C(=O)N1.C=C1CCC(N2C(=O)c3ccc(C(C)(C)C)cc3C2=O)C(=O)N1. The summed E-state index contributed by atoms with van der Waals surface area (Å²) in [6.07, 6.45) is 2.24. The molecule has 6 rings (SSSR count). The zero-order chi connectivity index (χ0) is 33.9. The Balaban J connectivity index is 0.000000181. The molecule has 2 aromatic carbocycles. The molecule has 240 valence electrons. The van der Waals surface area contributed by atoms with Crippen molar-refractivity contribution in [1.29, 1.82) is 0 Å². The number of nitrogens with one attached hydrogen (secondary N) is 2. The van der Waals surface area contributed by atoms with E-state index in [1.807, 2.05) is 45.0 Å². The number of piperidine rings is 2. The second-order valence-electron chi connectivity index (χ2n) is 14.4. The molecule has 9 nitrogen and oxygen atoms in total. The van der Waals surface area contributed by atoms with Gasteiger partial charge in [-0.2, -0.15) is 0 Å². The quantitative estimate of drug-likeness (QED) is 0.425. The molecule has 0 aromatic heterocycles. The zero-order valence-electron chi connectivity index (χ0n) is 27.5. The third-order valence-corrected chi connectivity index (χ3v) is 8.95. The van der Waals surface area contributed by atoms with Gasteiger partial charge in [0.25, 0.3) is 17.7 Å². The van der Waals surface area contributed by atoms with E-state index in [0.29, 0.717) is 59.5 Å². The van der Waals surface area contributed by atoms with Crippen molar-refractivity contribution in [1.82, 2.24) is 20.4 Å². The number of rotatable bonds is 2. The van der Waals surface area contributed by atoms with Crippen molar-refractivity contribution in [3.8, 4) is 0 Å². The number of allylic oxidation sites excluding steroid dienone is 2. The molecule has 0 saturated carbocycles. The smallest absolute Gasteiger partial charge is 0.262 e. The Bertz CT molecular complexity index is 1730. The van der Waals surface area contributed by atoms with Gasteiger partial charge in [0.1, 0.15) is 12.1 Å². The van der Waals surface area contributed by atoms with Gasteiger partial charge in [-0.25, -0.2) is 0 Å². The second kappa shape index (κ2) is 11.5. The number of hydrogen-bond donors (Lipinski definition) is 2. The average Bonchev–Trinajstić information content (AvgIpc) is 3.37. The van der Waals surface area contributed by atoms with Crippen molar-refractivity contribution in [2.75, 3.05) is 0 Å². The number of hydrogen-bond acceptors (Lipinski definition) is 5. The molecule has 9 heteroatoms. The maximum absolute atomic E-state index is 12.9. The monoisotopic (exact) mass is 622 g/mol. The number of carbonyl (C=O) groups excluding carboxylic acids is 5. The van der Waals surface area contributed by atoms with Gasteiger partial charge in [0.15, 0.2) is 0 Å². The predicted molar refractivity (Wildman–Crippen MR) is 177 cm³/mol. The van der Waals surface area contributed by atoms with E-state index in [2.05, 4.69) is 51.1 Å². The summed E-state index contributed by atoms with van der Waals surface area (Å²) in [6, 6.07) is 9.81. The normalized spacial score (nSPS) is 21.5. The van der Waals surface area contributed by atoms with Gasteiger partial charge >= 0.3 is 0 Å². The van der Waals surface area contributed by atoms with Crippen molar-refractivity contribution >= 4 is 35.2 Å². The molecule has 0 radical (unpaired) electrons. The molecule has 4 aliphatic heterocycles. The Kier molecular flexibility index (Phi) is 8.17. The molecule has 2 aromatic rings. The summed E-state index contributed by atoms with van der Waals surface area (Å²) >= 11 is 0. The number of imide groups is 1. The van der Waals surface area contributed by atoms with Crippen LogP contribution in [0.3, 0.4) is 0 Å². The highest BCUT2D eigenvalue weighted by Gasteiger charge is 2.45. The van der Waals surface area contributed by atoms with Crippen LogP contribution in [-0.4, -0.2) is 51.4 Å². The van der Waals surface area contributed by atoms with Crippen molar-refractivity contribution in [3.63, 3.8) is 0 Å². The number of amides is 5. The van der Waals surface area contributed by atoms with Crippen LogP contribution >= 0.6 is 0 Å². The van der Waals surface area contributed by atoms with Crippen molar-refractivity contribution < 1.29 is 24.0 Å². The van der Waals surface area contributed by atoms with Gasteiger partial charge in [0.2, 0.25) is 11.8 Å². The van der Waals surface area contributed by atoms with Gasteiger partial charge in [-0.15, -0.1) is 0 Å². The maximum atomic E-state index is 12.9. The molecule has 4 heterocycles. The third kappa shape index (κ3) is 5.70. The van der Waals surface area contributed by atoms with Crippen LogP contribution in [0.4, 0.5) is 0 Å². The molecule has 0 aliphatic carbocycles. The van der Waals surface area contributed by atoms with Gasteiger partial charge in [-0.05, 0) is 65.8 Å². The fourth-order valence-corrected chi connectivity index (χ4v) is 6.39. The Morgan fingerprint density at radius 3 is 1.70 bits per heavy atom. The predicted octanol–water partition coefficient (Wildman–Crippen LogP) is 5.58. The lowest BCUT2D eigenvalue weighted by Crippen LogP contribution is -2.51. The molecule has 2 N–H and O–H groups in total. The van der Waals surface area contributed by atoms with E-state index in [4.69, 9.17) is 0 Å². The lowest BCUT2D eigenvalue weighted by atomic mass is 9.82. The first-order valence-electron chi connectivity index (χ1n) is 15.6. The van der Waals surface area contributed by atoms with Crippen LogP contribution in [-0.2, 0) is 20.4 Å². The number of fused-ring (bicyclic) bond motifs is 2. The molecule has 2 atom stereocenters. The van der Waals surface area contributed by atoms with E-state index in [-0.39, 0.29) is 34.5 Å². The summed E-state index contributed by atoms with van der Waals surface area (Å²) in [5.41, 5.74) is 6.08. The summed E-state index contributed by atoms with van der Waals surface area (Å²) < 4.78 is 0. The fourth-order valence-electron chi connectivity index (χ4n) is 6.39. The van der Waals surface area contributed by atoms with E-state index in [0.717, 1.165) is 21.6 Å². The lowest BCUT2D eigenvalue weighted by Gasteiger charge is -2.32. The molecule has 5 amide bonds. The van der Waals surface area contributed by atoms with Gasteiger partial charge < -0.3 is 10.6 Å². The standard InChI is InChI=1S/C19H22N2O2.C18H20N2O3/c1-11-9-10-15(17(22)20-11)21-12(2)16-13(18(21)23)7-6-8-14(16)19(3,4)5;1-10-5-8-14(15(21)19-10)20-16(22)12-7-6-11(18(2,3)4)9-13(12)17(20)23/h6-8,15H,1-2,9-10H2,3-5H3,(H,20,22);6-7,9,14H,1,5,8H2,2-4H3,(H,19,21). The van der Waals surface area contributed by atoms with Crippen LogP contribution < -0.4 is 10.6 Å². The molecule has 0 bridgehead atoms. The number of nitrogens with zero attached hydrogens (tertiary/aromatic N) is 2. The number of carbonyl (C=O) groups is 5. The molecule has 2 fully saturated rings. The van der Waals surface area contributed by atoms with Gasteiger partial charge in [0, 0.05) is 28.2 Å². The second-order valence-corrected chi connectivity index (χ2v) is 14.4. The minimum Gasteiger partial charge on any atom is -0.329 e. The summed E-state index contributed by atoms with van der Waals surface area (Å²) in [5, 5.41) is 5.38. The minimum absolute atomic E-state index is 0.103. The Morgan fingerprint density at radius 1 is 0.652 bits per heavy atom. The molecule has 0 spiro atoms. The fraction of sp³-hybridized carbons (Fsp3) is 0.378. The van der Waals surface area contributed by atoms with E-state index in [1.54, 1.807) is 17.0 Å². The van der Waals surface area contributed by atoms with E-state index in [9.17, 15) is 24.0 Å². The van der Waals surface area contributed by atoms with Crippen molar-refractivity contribution in [2.45, 2.75) is 90.1 Å². The Morgan fingerprint density at radius 2 is 1.17 bits per heavy atom. The first kappa shape index (κ1) is 32.6. The van der Waals surface area contributed by atoms with Crippen molar-refractivity contribution in [2.24, 2.45) is 0 Å². The first-order valence-corrected chi connectivity index (χ1v) is 15.6. The molecule has 2 saturated heterocycles. The minimum atomic E-state index is -0.758. The Labute approximate surface area is 270 Å². The topological polar surface area (TPSA) is 116 Å². The molecular formula is C37H42N4O5. The highest BCUT2D eigenvalue weighted by atomic mass is 16.2. The van der Waals surface area contributed by atoms with E-state index < -0.39 is 18.0 Å². The largest absolute Gasteiger partial charge is 0.329 e. The van der Waals surface area contributed by atoms with Gasteiger partial charge in [0.05, 0.1) is 11.1 Å². The van der Waals surface area contributed by atoms with Crippen LogP contribution in [0, 0.1) is 0 Å². The van der Waals surface area contributed by atoms with Gasteiger partial charge in [-0.1, -0.05) is 79.5 Å². The summed E-state index contributed by atoms with van der Waals surface area (Å²) in [5.74, 6) is -1.43. The zero-order valence-corrected chi connectivity index (χ0v) is 27.5. The lowest BCUT2D eigenvalue weighted by molar-refractivity contribution is -0.126. The number of benzene rings is 2. The Hall–Kier alpha value is -4.79. The molecule has 4 aliphatic rings. The average molecular weight is 623 g/mol. The van der Waals surface area contributed by atoms with Crippen LogP contribution in [0.1, 0.15) is 115 Å².